The van der Waals surface area contributed by atoms with Gasteiger partial charge in [-0.15, -0.1) is 11.6 Å². The molecule has 162 valence electrons. The summed E-state index contributed by atoms with van der Waals surface area (Å²) in [5.74, 6) is -0.646. The van der Waals surface area contributed by atoms with Crippen LogP contribution in [0.2, 0.25) is 0 Å². The fourth-order valence-electron chi connectivity index (χ4n) is 4.26. The van der Waals surface area contributed by atoms with Gasteiger partial charge >= 0.3 is 5.97 Å². The standard InChI is InChI=1S/C24H35ClO4/c1-2-3-6-10-21(26)17-12-14-18(15-13-17)24-19(20(25)16-22(24)27)9-7-4-5-8-11-23(28)29/h4,7,12-15,19-22,24,26-27H,2-3,5-6,8-11,16H2,1H3,(H,28,29)/t19-,20+,21?,22+,24+/m0/s1. The zero-order valence-electron chi connectivity index (χ0n) is 17.3. The van der Waals surface area contributed by atoms with Gasteiger partial charge in [-0.3, -0.25) is 4.79 Å². The van der Waals surface area contributed by atoms with E-state index in [1.54, 1.807) is 0 Å². The topological polar surface area (TPSA) is 77.8 Å². The molecule has 0 bridgehead atoms. The lowest BCUT2D eigenvalue weighted by Gasteiger charge is -2.23. The third-order valence-electron chi connectivity index (χ3n) is 5.93. The third-order valence-corrected chi connectivity index (χ3v) is 6.43. The summed E-state index contributed by atoms with van der Waals surface area (Å²) < 4.78 is 0. The van der Waals surface area contributed by atoms with Crippen LogP contribution in [-0.2, 0) is 4.79 Å². The van der Waals surface area contributed by atoms with Crippen molar-refractivity contribution in [2.45, 2.75) is 88.2 Å². The van der Waals surface area contributed by atoms with Gasteiger partial charge in [0.2, 0.25) is 0 Å². The lowest BCUT2D eigenvalue weighted by Crippen LogP contribution is -2.18. The van der Waals surface area contributed by atoms with Gasteiger partial charge in [0.05, 0.1) is 12.2 Å². The van der Waals surface area contributed by atoms with E-state index in [1.165, 1.54) is 0 Å². The minimum atomic E-state index is -0.767. The highest BCUT2D eigenvalue weighted by Crippen LogP contribution is 2.45. The Morgan fingerprint density at radius 1 is 1.21 bits per heavy atom. The SMILES string of the molecule is CCCCCC(O)c1ccc([C@@H]2[C@@H](CC=CCCCC(=O)O)[C@H](Cl)C[C@H]2O)cc1. The molecule has 0 saturated heterocycles. The van der Waals surface area contributed by atoms with Gasteiger partial charge in [0.1, 0.15) is 0 Å². The van der Waals surface area contributed by atoms with Crippen LogP contribution in [0.1, 0.15) is 87.9 Å². The maximum atomic E-state index is 10.6. The van der Waals surface area contributed by atoms with Crippen molar-refractivity contribution in [3.63, 3.8) is 0 Å². The number of carboxylic acids is 1. The molecule has 0 radical (unpaired) electrons. The average molecular weight is 423 g/mol. The fraction of sp³-hybridized carbons (Fsp3) is 0.625. The number of hydrogen-bond donors (Lipinski definition) is 3. The summed E-state index contributed by atoms with van der Waals surface area (Å²) >= 11 is 6.54. The van der Waals surface area contributed by atoms with E-state index in [2.05, 4.69) is 13.0 Å². The number of allylic oxidation sites excluding steroid dienone is 2. The molecular formula is C24H35ClO4. The number of halogens is 1. The second kappa shape index (κ2) is 12.4. The van der Waals surface area contributed by atoms with E-state index < -0.39 is 18.2 Å². The van der Waals surface area contributed by atoms with Crippen LogP contribution in [0.3, 0.4) is 0 Å². The van der Waals surface area contributed by atoms with Crippen LogP contribution in [0.15, 0.2) is 36.4 Å². The summed E-state index contributed by atoms with van der Waals surface area (Å²) in [7, 11) is 0. The van der Waals surface area contributed by atoms with Crippen molar-refractivity contribution in [2.24, 2.45) is 5.92 Å². The van der Waals surface area contributed by atoms with Gasteiger partial charge in [-0.05, 0) is 49.1 Å². The molecule has 0 aromatic heterocycles. The van der Waals surface area contributed by atoms with Crippen molar-refractivity contribution >= 4 is 17.6 Å². The van der Waals surface area contributed by atoms with E-state index in [9.17, 15) is 15.0 Å². The van der Waals surface area contributed by atoms with Crippen molar-refractivity contribution in [1.29, 1.82) is 0 Å². The van der Waals surface area contributed by atoms with Crippen molar-refractivity contribution in [2.75, 3.05) is 0 Å². The molecule has 4 nitrogen and oxygen atoms in total. The summed E-state index contributed by atoms with van der Waals surface area (Å²) in [5, 5.41) is 29.5. The number of aliphatic hydroxyl groups is 2. The molecule has 0 aliphatic heterocycles. The Labute approximate surface area is 179 Å². The van der Waals surface area contributed by atoms with E-state index in [1.807, 2.05) is 30.3 Å². The Hall–Kier alpha value is -1.36. The zero-order valence-corrected chi connectivity index (χ0v) is 18.1. The molecule has 29 heavy (non-hydrogen) atoms. The van der Waals surface area contributed by atoms with Crippen LogP contribution in [0.5, 0.6) is 0 Å². The van der Waals surface area contributed by atoms with Crippen LogP contribution < -0.4 is 0 Å². The third kappa shape index (κ3) is 7.44. The number of aliphatic hydroxyl groups excluding tert-OH is 2. The molecule has 0 spiro atoms. The highest BCUT2D eigenvalue weighted by molar-refractivity contribution is 6.21. The molecule has 1 aromatic carbocycles. The highest BCUT2D eigenvalue weighted by atomic mass is 35.5. The summed E-state index contributed by atoms with van der Waals surface area (Å²) in [6.45, 7) is 2.15. The van der Waals surface area contributed by atoms with Crippen LogP contribution in [0, 0.1) is 5.92 Å². The Morgan fingerprint density at radius 2 is 1.93 bits per heavy atom. The Balaban J connectivity index is 1.96. The number of unbranched alkanes of at least 4 members (excludes halogenated alkanes) is 3. The average Bonchev–Trinajstić information content (AvgIpc) is 2.97. The van der Waals surface area contributed by atoms with Gasteiger partial charge in [-0.2, -0.15) is 0 Å². The van der Waals surface area contributed by atoms with Crippen LogP contribution >= 0.6 is 11.6 Å². The predicted octanol–water partition coefficient (Wildman–Crippen LogP) is 5.57. The minimum Gasteiger partial charge on any atom is -0.481 e. The van der Waals surface area contributed by atoms with Crippen LogP contribution in [0.25, 0.3) is 0 Å². The van der Waals surface area contributed by atoms with E-state index in [4.69, 9.17) is 16.7 Å². The molecule has 5 heteroatoms. The molecular weight excluding hydrogens is 388 g/mol. The van der Waals surface area contributed by atoms with Crippen molar-refractivity contribution in [3.8, 4) is 0 Å². The first kappa shape index (κ1) is 23.9. The number of aliphatic carboxylic acids is 1. The summed E-state index contributed by atoms with van der Waals surface area (Å²) in [6, 6.07) is 7.98. The van der Waals surface area contributed by atoms with Gasteiger partial charge < -0.3 is 15.3 Å². The quantitative estimate of drug-likeness (QED) is 0.233. The monoisotopic (exact) mass is 422 g/mol. The number of benzene rings is 1. The lowest BCUT2D eigenvalue weighted by atomic mass is 9.84. The highest BCUT2D eigenvalue weighted by Gasteiger charge is 2.41. The number of hydrogen-bond acceptors (Lipinski definition) is 3. The Morgan fingerprint density at radius 3 is 2.59 bits per heavy atom. The van der Waals surface area contributed by atoms with Gasteiger partial charge in [-0.25, -0.2) is 0 Å². The van der Waals surface area contributed by atoms with Gasteiger partial charge in [-0.1, -0.05) is 62.6 Å². The second-order valence-electron chi connectivity index (χ2n) is 8.18. The molecule has 1 fully saturated rings. The molecule has 5 atom stereocenters. The number of carbonyl (C=O) groups is 1. The summed E-state index contributed by atoms with van der Waals surface area (Å²) in [6.07, 6.45) is 10.2. The smallest absolute Gasteiger partial charge is 0.303 e. The minimum absolute atomic E-state index is 0.0209. The van der Waals surface area contributed by atoms with Crippen molar-refractivity contribution < 1.29 is 20.1 Å². The molecule has 1 unspecified atom stereocenters. The fourth-order valence-corrected chi connectivity index (χ4v) is 4.71. The molecule has 2 rings (SSSR count). The summed E-state index contributed by atoms with van der Waals surface area (Å²) in [4.78, 5) is 10.6. The zero-order chi connectivity index (χ0) is 21.2. The first-order chi connectivity index (χ1) is 13.9. The van der Waals surface area contributed by atoms with Gasteiger partial charge in [0.15, 0.2) is 0 Å². The van der Waals surface area contributed by atoms with Gasteiger partial charge in [0.25, 0.3) is 0 Å². The molecule has 0 heterocycles. The van der Waals surface area contributed by atoms with Gasteiger partial charge in [0, 0.05) is 17.7 Å². The summed E-state index contributed by atoms with van der Waals surface area (Å²) in [5.41, 5.74) is 1.99. The molecule has 1 saturated carbocycles. The first-order valence-electron chi connectivity index (χ1n) is 10.9. The van der Waals surface area contributed by atoms with Crippen LogP contribution in [0.4, 0.5) is 0 Å². The predicted molar refractivity (Wildman–Crippen MR) is 117 cm³/mol. The molecule has 0 amide bonds. The largest absolute Gasteiger partial charge is 0.481 e. The molecule has 1 aliphatic rings. The molecule has 1 aliphatic carbocycles. The van der Waals surface area contributed by atoms with Crippen molar-refractivity contribution in [3.05, 3.63) is 47.5 Å². The Bertz CT molecular complexity index is 643. The first-order valence-corrected chi connectivity index (χ1v) is 11.3. The Kier molecular flexibility index (Phi) is 10.2. The van der Waals surface area contributed by atoms with Crippen LogP contribution in [-0.4, -0.2) is 32.8 Å². The normalized spacial score (nSPS) is 25.5. The van der Waals surface area contributed by atoms with Crippen molar-refractivity contribution in [1.82, 2.24) is 0 Å². The number of alkyl halides is 1. The molecule has 3 N–H and O–H groups in total. The maximum Gasteiger partial charge on any atom is 0.303 e. The van der Waals surface area contributed by atoms with E-state index in [-0.39, 0.29) is 23.6 Å². The van der Waals surface area contributed by atoms with E-state index >= 15 is 0 Å². The van der Waals surface area contributed by atoms with E-state index in [0.717, 1.165) is 49.7 Å². The number of carboxylic acid groups (broad SMARTS) is 1. The second-order valence-corrected chi connectivity index (χ2v) is 8.74. The maximum absolute atomic E-state index is 10.6. The molecule has 1 aromatic rings. The lowest BCUT2D eigenvalue weighted by molar-refractivity contribution is -0.137. The van der Waals surface area contributed by atoms with E-state index in [0.29, 0.717) is 12.8 Å². The number of rotatable bonds is 12.